The van der Waals surface area contributed by atoms with Crippen molar-refractivity contribution >= 4 is 44.9 Å². The van der Waals surface area contributed by atoms with Crippen LogP contribution in [0.5, 0.6) is 5.75 Å². The number of benzene rings is 2. The van der Waals surface area contributed by atoms with E-state index in [1.54, 1.807) is 11.8 Å². The Morgan fingerprint density at radius 1 is 1.07 bits per heavy atom. The number of H-pyrrole nitrogens is 1. The Hall–Kier alpha value is -2.28. The molecule has 2 aromatic heterocycles. The molecule has 2 heterocycles. The number of hydrogen-bond donors (Lipinski definition) is 1. The summed E-state index contributed by atoms with van der Waals surface area (Å²) in [6.07, 6.45) is 1.90. The maximum absolute atomic E-state index is 12.6. The number of nitrogens with one attached hydrogen (secondary N) is 1. The van der Waals surface area contributed by atoms with Gasteiger partial charge in [0, 0.05) is 21.7 Å². The molecular weight excluding hydrogens is 424 g/mol. The fourth-order valence-corrected chi connectivity index (χ4v) is 4.92. The topological polar surface area (TPSA) is 55.0 Å². The second-order valence-electron chi connectivity index (χ2n) is 6.42. The van der Waals surface area contributed by atoms with Crippen LogP contribution in [0.1, 0.15) is 12.8 Å². The number of halogens is 1. The number of aromatic nitrogens is 2. The number of thioether (sulfide) groups is 1. The van der Waals surface area contributed by atoms with Crippen molar-refractivity contribution in [1.29, 1.82) is 0 Å². The van der Waals surface area contributed by atoms with Crippen LogP contribution in [0.25, 0.3) is 21.3 Å². The molecule has 0 radical (unpaired) electrons. The molecule has 1 N–H and O–H groups in total. The average Bonchev–Trinajstić information content (AvgIpc) is 3.17. The highest BCUT2D eigenvalue weighted by atomic mass is 35.5. The zero-order valence-corrected chi connectivity index (χ0v) is 17.9. The Balaban J connectivity index is 1.32. The number of ether oxygens (including phenoxy) is 1. The van der Waals surface area contributed by atoms with Gasteiger partial charge in [0.15, 0.2) is 5.16 Å². The largest absolute Gasteiger partial charge is 0.494 e. The molecule has 0 amide bonds. The van der Waals surface area contributed by atoms with Gasteiger partial charge in [-0.1, -0.05) is 53.7 Å². The molecule has 0 aliphatic carbocycles. The molecule has 2 aromatic carbocycles. The summed E-state index contributed by atoms with van der Waals surface area (Å²) in [6, 6.07) is 17.3. The number of fused-ring (bicyclic) bond motifs is 1. The van der Waals surface area contributed by atoms with E-state index in [4.69, 9.17) is 16.3 Å². The lowest BCUT2D eigenvalue weighted by molar-refractivity contribution is 0.310. The van der Waals surface area contributed by atoms with Gasteiger partial charge in [-0.05, 0) is 42.7 Å². The lowest BCUT2D eigenvalue weighted by Crippen LogP contribution is -2.08. The van der Waals surface area contributed by atoms with Crippen molar-refractivity contribution in [2.24, 2.45) is 0 Å². The van der Waals surface area contributed by atoms with Crippen LogP contribution in [-0.2, 0) is 0 Å². The van der Waals surface area contributed by atoms with Crippen molar-refractivity contribution in [3.05, 3.63) is 75.4 Å². The Labute approximate surface area is 181 Å². The third-order valence-electron chi connectivity index (χ3n) is 4.37. The summed E-state index contributed by atoms with van der Waals surface area (Å²) >= 11 is 8.94. The fraction of sp³-hybridized carbons (Fsp3) is 0.182. The van der Waals surface area contributed by atoms with Crippen LogP contribution in [0.15, 0.2) is 69.9 Å². The van der Waals surface area contributed by atoms with Gasteiger partial charge in [-0.25, -0.2) is 4.98 Å². The van der Waals surface area contributed by atoms with Crippen LogP contribution < -0.4 is 10.3 Å². The first kappa shape index (κ1) is 20.0. The number of aromatic amines is 1. The Morgan fingerprint density at radius 2 is 1.86 bits per heavy atom. The van der Waals surface area contributed by atoms with Gasteiger partial charge in [0.2, 0.25) is 0 Å². The van der Waals surface area contributed by atoms with Gasteiger partial charge in [-0.15, -0.1) is 11.3 Å². The second kappa shape index (κ2) is 9.48. The number of nitrogens with zero attached hydrogens (tertiary/aromatic N) is 1. The molecule has 0 spiro atoms. The van der Waals surface area contributed by atoms with E-state index >= 15 is 0 Å². The van der Waals surface area contributed by atoms with E-state index < -0.39 is 0 Å². The van der Waals surface area contributed by atoms with E-state index in [1.165, 1.54) is 11.3 Å². The summed E-state index contributed by atoms with van der Waals surface area (Å²) in [4.78, 5) is 21.0. The van der Waals surface area contributed by atoms with Crippen LogP contribution in [0.3, 0.4) is 0 Å². The highest BCUT2D eigenvalue weighted by molar-refractivity contribution is 7.99. The summed E-state index contributed by atoms with van der Waals surface area (Å²) in [7, 11) is 0. The molecule has 4 aromatic rings. The SMILES string of the molecule is O=c1[nH]c(SCCCCOc2ccc(Cl)cc2)nc2scc(-c3ccccc3)c12. The smallest absolute Gasteiger partial charge is 0.260 e. The van der Waals surface area contributed by atoms with Gasteiger partial charge in [-0.3, -0.25) is 4.79 Å². The molecule has 0 fully saturated rings. The van der Waals surface area contributed by atoms with E-state index in [0.29, 0.717) is 22.2 Å². The minimum atomic E-state index is -0.0799. The summed E-state index contributed by atoms with van der Waals surface area (Å²) in [5.41, 5.74) is 1.89. The highest BCUT2D eigenvalue weighted by Gasteiger charge is 2.12. The van der Waals surface area contributed by atoms with Crippen molar-refractivity contribution in [2.75, 3.05) is 12.4 Å². The van der Waals surface area contributed by atoms with Gasteiger partial charge in [0.1, 0.15) is 10.6 Å². The molecule has 0 unspecified atom stereocenters. The normalized spacial score (nSPS) is 11.1. The summed E-state index contributed by atoms with van der Waals surface area (Å²) < 4.78 is 5.70. The van der Waals surface area contributed by atoms with Crippen LogP contribution in [0.4, 0.5) is 0 Å². The predicted molar refractivity (Wildman–Crippen MR) is 123 cm³/mol. The van der Waals surface area contributed by atoms with Gasteiger partial charge >= 0.3 is 0 Å². The van der Waals surface area contributed by atoms with Crippen LogP contribution in [0.2, 0.25) is 5.02 Å². The van der Waals surface area contributed by atoms with Crippen molar-refractivity contribution in [3.8, 4) is 16.9 Å². The molecule has 4 nitrogen and oxygen atoms in total. The van der Waals surface area contributed by atoms with E-state index in [-0.39, 0.29) is 5.56 Å². The van der Waals surface area contributed by atoms with Crippen molar-refractivity contribution in [1.82, 2.24) is 9.97 Å². The maximum Gasteiger partial charge on any atom is 0.260 e. The first-order valence-electron chi connectivity index (χ1n) is 9.29. The number of thiophene rings is 1. The van der Waals surface area contributed by atoms with Crippen LogP contribution in [0, 0.1) is 0 Å². The number of rotatable bonds is 8. The Morgan fingerprint density at radius 3 is 2.66 bits per heavy atom. The first-order valence-corrected chi connectivity index (χ1v) is 11.5. The third kappa shape index (κ3) is 5.01. The molecule has 0 saturated heterocycles. The monoisotopic (exact) mass is 442 g/mol. The quantitative estimate of drug-likeness (QED) is 0.199. The third-order valence-corrected chi connectivity index (χ3v) is 6.45. The molecular formula is C22H19ClN2O2S2. The Kier molecular flexibility index (Phi) is 6.54. The van der Waals surface area contributed by atoms with Crippen LogP contribution >= 0.6 is 34.7 Å². The van der Waals surface area contributed by atoms with Crippen molar-refractivity contribution in [3.63, 3.8) is 0 Å². The molecule has 0 bridgehead atoms. The molecule has 0 aliphatic rings. The van der Waals surface area contributed by atoms with E-state index in [0.717, 1.165) is 40.3 Å². The number of unbranched alkanes of at least 4 members (excludes halogenated alkanes) is 1. The van der Waals surface area contributed by atoms with Crippen molar-refractivity contribution < 1.29 is 4.74 Å². The van der Waals surface area contributed by atoms with Crippen molar-refractivity contribution in [2.45, 2.75) is 18.0 Å². The average molecular weight is 443 g/mol. The highest BCUT2D eigenvalue weighted by Crippen LogP contribution is 2.31. The lowest BCUT2D eigenvalue weighted by Gasteiger charge is -2.06. The molecule has 0 saturated carbocycles. The number of hydrogen-bond acceptors (Lipinski definition) is 5. The fourth-order valence-electron chi connectivity index (χ4n) is 2.92. The molecule has 148 valence electrons. The van der Waals surface area contributed by atoms with E-state index in [1.807, 2.05) is 60.0 Å². The summed E-state index contributed by atoms with van der Waals surface area (Å²) in [6.45, 7) is 0.649. The van der Waals surface area contributed by atoms with Gasteiger partial charge in [0.25, 0.3) is 5.56 Å². The lowest BCUT2D eigenvalue weighted by atomic mass is 10.1. The van der Waals surface area contributed by atoms with Gasteiger partial charge < -0.3 is 9.72 Å². The van der Waals surface area contributed by atoms with E-state index in [2.05, 4.69) is 9.97 Å². The molecule has 7 heteroatoms. The zero-order valence-electron chi connectivity index (χ0n) is 15.6. The maximum atomic E-state index is 12.6. The summed E-state index contributed by atoms with van der Waals surface area (Å²) in [5.74, 6) is 1.69. The summed E-state index contributed by atoms with van der Waals surface area (Å²) in [5, 5.41) is 4.04. The second-order valence-corrected chi connectivity index (χ2v) is 8.80. The first-order chi connectivity index (χ1) is 14.2. The zero-order chi connectivity index (χ0) is 20.1. The Bertz CT molecular complexity index is 1140. The minimum absolute atomic E-state index is 0.0799. The van der Waals surface area contributed by atoms with Crippen LogP contribution in [-0.4, -0.2) is 22.3 Å². The van der Waals surface area contributed by atoms with E-state index in [9.17, 15) is 4.79 Å². The standard InChI is InChI=1S/C22H19ClN2O2S2/c23-16-8-10-17(11-9-16)27-12-4-5-13-28-22-24-20(26)19-18(14-29-21(19)25-22)15-6-2-1-3-7-15/h1-3,6-11,14H,4-5,12-13H2,(H,24,25,26). The molecule has 0 atom stereocenters. The van der Waals surface area contributed by atoms with Gasteiger partial charge in [-0.2, -0.15) is 0 Å². The molecule has 4 rings (SSSR count). The minimum Gasteiger partial charge on any atom is -0.494 e. The molecule has 0 aliphatic heterocycles. The van der Waals surface area contributed by atoms with Gasteiger partial charge in [0.05, 0.1) is 12.0 Å². The predicted octanol–water partition coefficient (Wildman–Crippen LogP) is 6.26. The molecule has 29 heavy (non-hydrogen) atoms.